The highest BCUT2D eigenvalue weighted by molar-refractivity contribution is 7.99. The Hall–Kier alpha value is -1.91. The second-order valence-corrected chi connectivity index (χ2v) is 7.00. The molecule has 3 nitrogen and oxygen atoms in total. The van der Waals surface area contributed by atoms with Gasteiger partial charge >= 0.3 is 0 Å². The molecule has 0 aliphatic rings. The van der Waals surface area contributed by atoms with Gasteiger partial charge in [0.2, 0.25) is 5.91 Å². The van der Waals surface area contributed by atoms with Crippen molar-refractivity contribution in [2.45, 2.75) is 12.2 Å². The fourth-order valence-electron chi connectivity index (χ4n) is 2.58. The maximum atomic E-state index is 11.9. The normalized spacial score (nSPS) is 10.9. The van der Waals surface area contributed by atoms with Gasteiger partial charge in [0, 0.05) is 34.4 Å². The van der Waals surface area contributed by atoms with Crippen LogP contribution in [-0.2, 0) is 17.0 Å². The van der Waals surface area contributed by atoms with Gasteiger partial charge in [-0.05, 0) is 35.7 Å². The first kappa shape index (κ1) is 16.9. The number of carbonyl (C=O) groups excluding carboxylic acids is 1. The van der Waals surface area contributed by atoms with Crippen LogP contribution in [0.2, 0.25) is 5.02 Å². The first-order valence-electron chi connectivity index (χ1n) is 7.86. The van der Waals surface area contributed by atoms with E-state index in [1.54, 1.807) is 11.8 Å². The molecule has 24 heavy (non-hydrogen) atoms. The summed E-state index contributed by atoms with van der Waals surface area (Å²) in [5.74, 6) is 1.41. The van der Waals surface area contributed by atoms with Crippen LogP contribution in [0.1, 0.15) is 11.1 Å². The molecule has 0 aliphatic heterocycles. The minimum Gasteiger partial charge on any atom is -0.361 e. The summed E-state index contributed by atoms with van der Waals surface area (Å²) in [5.41, 5.74) is 3.48. The molecule has 1 heterocycles. The van der Waals surface area contributed by atoms with E-state index in [1.807, 2.05) is 42.6 Å². The topological polar surface area (TPSA) is 44.9 Å². The van der Waals surface area contributed by atoms with Crippen molar-refractivity contribution in [1.82, 2.24) is 10.3 Å². The minimum absolute atomic E-state index is 0.0776. The molecule has 2 N–H and O–H groups in total. The smallest absolute Gasteiger partial charge is 0.230 e. The van der Waals surface area contributed by atoms with Crippen molar-refractivity contribution in [2.24, 2.45) is 0 Å². The van der Waals surface area contributed by atoms with Gasteiger partial charge in [-0.25, -0.2) is 0 Å². The van der Waals surface area contributed by atoms with Crippen molar-refractivity contribution < 1.29 is 4.79 Å². The third-order valence-corrected chi connectivity index (χ3v) is 5.03. The Bertz CT molecular complexity index is 817. The van der Waals surface area contributed by atoms with E-state index in [9.17, 15) is 4.79 Å². The minimum atomic E-state index is 0.0776. The van der Waals surface area contributed by atoms with Crippen LogP contribution in [0.25, 0.3) is 10.9 Å². The van der Waals surface area contributed by atoms with Crippen LogP contribution < -0.4 is 5.32 Å². The predicted molar refractivity (Wildman–Crippen MR) is 103 cm³/mol. The van der Waals surface area contributed by atoms with Gasteiger partial charge in [0.1, 0.15) is 0 Å². The highest BCUT2D eigenvalue weighted by atomic mass is 35.5. The molecule has 5 heteroatoms. The Labute approximate surface area is 150 Å². The zero-order chi connectivity index (χ0) is 16.8. The molecule has 3 aromatic rings. The molecular weight excluding hydrogens is 340 g/mol. The van der Waals surface area contributed by atoms with Gasteiger partial charge in [-0.15, -0.1) is 11.8 Å². The maximum absolute atomic E-state index is 11.9. The van der Waals surface area contributed by atoms with Gasteiger partial charge in [0.25, 0.3) is 0 Å². The average Bonchev–Trinajstić information content (AvgIpc) is 2.98. The summed E-state index contributed by atoms with van der Waals surface area (Å²) in [6, 6.07) is 16.0. The van der Waals surface area contributed by atoms with Gasteiger partial charge in [-0.2, -0.15) is 0 Å². The van der Waals surface area contributed by atoms with Crippen molar-refractivity contribution in [3.8, 4) is 0 Å². The fourth-order valence-corrected chi connectivity index (χ4v) is 3.57. The summed E-state index contributed by atoms with van der Waals surface area (Å²) in [4.78, 5) is 15.1. The Balaban J connectivity index is 1.42. The summed E-state index contributed by atoms with van der Waals surface area (Å²) in [6.45, 7) is 0.629. The number of aromatic nitrogens is 1. The van der Waals surface area contributed by atoms with Crippen molar-refractivity contribution in [1.29, 1.82) is 0 Å². The van der Waals surface area contributed by atoms with E-state index in [0.29, 0.717) is 12.3 Å². The molecule has 0 bridgehead atoms. The molecule has 0 spiro atoms. The molecular formula is C19H19ClN2OS. The number of fused-ring (bicyclic) bond motifs is 1. The van der Waals surface area contributed by atoms with Crippen LogP contribution in [0.5, 0.6) is 0 Å². The van der Waals surface area contributed by atoms with Crippen LogP contribution in [0, 0.1) is 0 Å². The van der Waals surface area contributed by atoms with Gasteiger partial charge in [0.15, 0.2) is 0 Å². The molecule has 0 aliphatic carbocycles. The zero-order valence-corrected chi connectivity index (χ0v) is 14.8. The van der Waals surface area contributed by atoms with Gasteiger partial charge < -0.3 is 10.3 Å². The third kappa shape index (κ3) is 4.56. The summed E-state index contributed by atoms with van der Waals surface area (Å²) in [6.07, 6.45) is 2.77. The van der Waals surface area contributed by atoms with Crippen molar-refractivity contribution >= 4 is 40.2 Å². The predicted octanol–water partition coefficient (Wildman–Crippen LogP) is 4.41. The van der Waals surface area contributed by atoms with Crippen LogP contribution in [0.15, 0.2) is 54.7 Å². The Morgan fingerprint density at radius 2 is 2.00 bits per heavy atom. The molecule has 3 rings (SSSR count). The first-order valence-corrected chi connectivity index (χ1v) is 9.39. The molecule has 0 fully saturated rings. The molecule has 0 saturated carbocycles. The lowest BCUT2D eigenvalue weighted by atomic mass is 10.1. The summed E-state index contributed by atoms with van der Waals surface area (Å²) >= 11 is 7.68. The number of hydrogen-bond acceptors (Lipinski definition) is 2. The molecule has 0 unspecified atom stereocenters. The quantitative estimate of drug-likeness (QED) is 0.657. The fraction of sp³-hybridized carbons (Fsp3) is 0.211. The monoisotopic (exact) mass is 358 g/mol. The van der Waals surface area contributed by atoms with Gasteiger partial charge in [-0.3, -0.25) is 4.79 Å². The van der Waals surface area contributed by atoms with Crippen LogP contribution in [0.3, 0.4) is 0 Å². The standard InChI is InChI=1S/C19H19ClN2OS/c20-16-6-7-18-17(10-16)15(11-22-18)8-9-21-19(23)13-24-12-14-4-2-1-3-5-14/h1-7,10-11,22H,8-9,12-13H2,(H,21,23). The molecule has 0 saturated heterocycles. The molecule has 1 aromatic heterocycles. The van der Waals surface area contributed by atoms with E-state index in [2.05, 4.69) is 22.4 Å². The Morgan fingerprint density at radius 3 is 2.83 bits per heavy atom. The maximum Gasteiger partial charge on any atom is 0.230 e. The van der Waals surface area contributed by atoms with Crippen molar-refractivity contribution in [3.05, 3.63) is 70.9 Å². The second kappa shape index (κ2) is 8.27. The number of rotatable bonds is 7. The molecule has 0 atom stereocenters. The molecule has 1 amide bonds. The number of halogens is 1. The lowest BCUT2D eigenvalue weighted by Crippen LogP contribution is -2.27. The summed E-state index contributed by atoms with van der Waals surface area (Å²) < 4.78 is 0. The van der Waals surface area contributed by atoms with E-state index < -0.39 is 0 Å². The number of H-pyrrole nitrogens is 1. The number of thioether (sulfide) groups is 1. The average molecular weight is 359 g/mol. The Kier molecular flexibility index (Phi) is 5.83. The van der Waals surface area contributed by atoms with Crippen molar-refractivity contribution in [2.75, 3.05) is 12.3 Å². The van der Waals surface area contributed by atoms with Crippen LogP contribution in [-0.4, -0.2) is 23.2 Å². The highest BCUT2D eigenvalue weighted by Crippen LogP contribution is 2.22. The number of carbonyl (C=O) groups is 1. The lowest BCUT2D eigenvalue weighted by molar-refractivity contribution is -0.118. The number of nitrogens with one attached hydrogen (secondary N) is 2. The molecule has 124 valence electrons. The van der Waals surface area contributed by atoms with Crippen LogP contribution in [0.4, 0.5) is 0 Å². The van der Waals surface area contributed by atoms with E-state index in [0.717, 1.165) is 28.1 Å². The number of aromatic amines is 1. The van der Waals surface area contributed by atoms with E-state index in [-0.39, 0.29) is 5.91 Å². The molecule has 0 radical (unpaired) electrons. The highest BCUT2D eigenvalue weighted by Gasteiger charge is 2.06. The van der Waals surface area contributed by atoms with Crippen molar-refractivity contribution in [3.63, 3.8) is 0 Å². The number of hydrogen-bond donors (Lipinski definition) is 2. The number of amides is 1. The molecule has 2 aromatic carbocycles. The number of benzene rings is 2. The second-order valence-electron chi connectivity index (χ2n) is 5.58. The van der Waals surface area contributed by atoms with E-state index in [1.165, 1.54) is 11.1 Å². The summed E-state index contributed by atoms with van der Waals surface area (Å²) in [7, 11) is 0. The van der Waals surface area contributed by atoms with Gasteiger partial charge in [-0.1, -0.05) is 41.9 Å². The van der Waals surface area contributed by atoms with Crippen LogP contribution >= 0.6 is 23.4 Å². The van der Waals surface area contributed by atoms with E-state index in [4.69, 9.17) is 11.6 Å². The lowest BCUT2D eigenvalue weighted by Gasteiger charge is -2.05. The SMILES string of the molecule is O=C(CSCc1ccccc1)NCCc1c[nH]c2ccc(Cl)cc12. The largest absolute Gasteiger partial charge is 0.361 e. The summed E-state index contributed by atoms with van der Waals surface area (Å²) in [5, 5.41) is 4.83. The Morgan fingerprint density at radius 1 is 1.17 bits per heavy atom. The first-order chi connectivity index (χ1) is 11.7. The zero-order valence-electron chi connectivity index (χ0n) is 13.2. The van der Waals surface area contributed by atoms with E-state index >= 15 is 0 Å². The van der Waals surface area contributed by atoms with Gasteiger partial charge in [0.05, 0.1) is 5.75 Å². The third-order valence-electron chi connectivity index (χ3n) is 3.79.